The number of rotatable bonds is 6. The van der Waals surface area contributed by atoms with Crippen molar-refractivity contribution in [3.63, 3.8) is 0 Å². The Kier molecular flexibility index (Phi) is 6.00. The summed E-state index contributed by atoms with van der Waals surface area (Å²) in [7, 11) is 0. The number of likely N-dealkylation sites (tertiary alicyclic amines) is 1. The van der Waals surface area contributed by atoms with Crippen LogP contribution in [0.3, 0.4) is 0 Å². The Morgan fingerprint density at radius 1 is 1.03 bits per heavy atom. The van der Waals surface area contributed by atoms with Crippen LogP contribution in [-0.4, -0.2) is 47.3 Å². The quantitative estimate of drug-likeness (QED) is 0.567. The van der Waals surface area contributed by atoms with Gasteiger partial charge in [0.05, 0.1) is 0 Å². The molecular formula is C26H44N4O3. The van der Waals surface area contributed by atoms with Crippen LogP contribution in [0.1, 0.15) is 81.1 Å². The van der Waals surface area contributed by atoms with E-state index in [-0.39, 0.29) is 33.5 Å². The first-order valence-electron chi connectivity index (χ1n) is 12.2. The molecule has 2 unspecified atom stereocenters. The molecule has 3 rings (SSSR count). The van der Waals surface area contributed by atoms with Crippen LogP contribution in [-0.2, 0) is 14.4 Å². The van der Waals surface area contributed by atoms with Crippen LogP contribution in [0.15, 0.2) is 12.8 Å². The summed E-state index contributed by atoms with van der Waals surface area (Å²) in [5.74, 6) is -0.945. The van der Waals surface area contributed by atoms with Gasteiger partial charge in [-0.05, 0) is 47.1 Å². The van der Waals surface area contributed by atoms with E-state index in [1.165, 1.54) is 12.6 Å². The molecule has 33 heavy (non-hydrogen) atoms. The van der Waals surface area contributed by atoms with Gasteiger partial charge in [0.2, 0.25) is 17.7 Å². The zero-order chi connectivity index (χ0) is 25.2. The lowest BCUT2D eigenvalue weighted by atomic mass is 9.73. The lowest BCUT2D eigenvalue weighted by molar-refractivity contribution is -0.144. The maximum atomic E-state index is 14.0. The molecule has 4 atom stereocenters. The minimum absolute atomic E-state index is 0.0710. The average molecular weight is 461 g/mol. The molecule has 0 bridgehead atoms. The summed E-state index contributed by atoms with van der Waals surface area (Å²) in [4.78, 5) is 41.4. The predicted octanol–water partition coefficient (Wildman–Crippen LogP) is 2.95. The summed E-state index contributed by atoms with van der Waals surface area (Å²) in [5, 5.41) is 6.04. The molecule has 1 heterocycles. The normalized spacial score (nSPS) is 29.2. The fraction of sp³-hybridized carbons (Fsp3) is 0.808. The molecule has 3 amide bonds. The SMILES string of the molecule is C=CNC(C(=O)N[C@H](C(=O)N1CC2(C[C@H]1C(N)=O)C(C)(C)C21CCC1)C(C)(C)C)C(C)(C)C. The molecule has 3 fully saturated rings. The number of hydrogen-bond donors (Lipinski definition) is 3. The lowest BCUT2D eigenvalue weighted by Crippen LogP contribution is -2.61. The van der Waals surface area contributed by atoms with Gasteiger partial charge in [-0.3, -0.25) is 14.4 Å². The van der Waals surface area contributed by atoms with Gasteiger partial charge in [-0.25, -0.2) is 0 Å². The van der Waals surface area contributed by atoms with Gasteiger partial charge in [-0.2, -0.15) is 0 Å². The number of hydrogen-bond acceptors (Lipinski definition) is 4. The van der Waals surface area contributed by atoms with Gasteiger partial charge in [-0.1, -0.05) is 68.4 Å². The molecule has 7 nitrogen and oxygen atoms in total. The van der Waals surface area contributed by atoms with Crippen molar-refractivity contribution < 1.29 is 14.4 Å². The first-order chi connectivity index (χ1) is 15.0. The van der Waals surface area contributed by atoms with Crippen LogP contribution >= 0.6 is 0 Å². The van der Waals surface area contributed by atoms with Gasteiger partial charge in [0, 0.05) is 12.0 Å². The summed E-state index contributed by atoms with van der Waals surface area (Å²) >= 11 is 0. The summed E-state index contributed by atoms with van der Waals surface area (Å²) in [5.41, 5.74) is 5.10. The average Bonchev–Trinajstić information content (AvgIpc) is 2.88. The molecule has 3 aliphatic rings. The molecule has 0 aromatic rings. The monoisotopic (exact) mass is 460 g/mol. The molecule has 4 N–H and O–H groups in total. The number of nitrogens with two attached hydrogens (primary N) is 1. The number of carbonyl (C=O) groups is 3. The van der Waals surface area contributed by atoms with Crippen molar-refractivity contribution >= 4 is 17.7 Å². The zero-order valence-electron chi connectivity index (χ0n) is 21.8. The van der Waals surface area contributed by atoms with Crippen LogP contribution in [0.2, 0.25) is 0 Å². The van der Waals surface area contributed by atoms with Crippen molar-refractivity contribution in [3.05, 3.63) is 12.8 Å². The topological polar surface area (TPSA) is 105 Å². The van der Waals surface area contributed by atoms with Crippen molar-refractivity contribution in [2.75, 3.05) is 6.54 Å². The van der Waals surface area contributed by atoms with Gasteiger partial charge in [-0.15, -0.1) is 0 Å². The first-order valence-corrected chi connectivity index (χ1v) is 12.2. The second-order valence-corrected chi connectivity index (χ2v) is 13.2. The Bertz CT molecular complexity index is 847. The summed E-state index contributed by atoms with van der Waals surface area (Å²) < 4.78 is 0. The van der Waals surface area contributed by atoms with E-state index in [4.69, 9.17) is 5.73 Å². The summed E-state index contributed by atoms with van der Waals surface area (Å²) in [6, 6.07) is -1.97. The van der Waals surface area contributed by atoms with Crippen molar-refractivity contribution in [1.29, 1.82) is 0 Å². The molecule has 0 radical (unpaired) electrons. The highest BCUT2D eigenvalue weighted by Crippen LogP contribution is 2.88. The summed E-state index contributed by atoms with van der Waals surface area (Å²) in [6.45, 7) is 20.5. The van der Waals surface area contributed by atoms with Gasteiger partial charge < -0.3 is 21.3 Å². The van der Waals surface area contributed by atoms with E-state index in [9.17, 15) is 14.4 Å². The Hall–Kier alpha value is -2.05. The Morgan fingerprint density at radius 3 is 1.94 bits per heavy atom. The number of carbonyl (C=O) groups excluding carboxylic acids is 3. The van der Waals surface area contributed by atoms with E-state index in [1.807, 2.05) is 41.5 Å². The van der Waals surface area contributed by atoms with Crippen LogP contribution in [0.4, 0.5) is 0 Å². The zero-order valence-corrected chi connectivity index (χ0v) is 21.8. The van der Waals surface area contributed by atoms with Crippen molar-refractivity contribution in [2.24, 2.45) is 32.8 Å². The number of amides is 3. The van der Waals surface area contributed by atoms with Crippen LogP contribution in [0.5, 0.6) is 0 Å². The second kappa shape index (κ2) is 7.74. The van der Waals surface area contributed by atoms with Gasteiger partial charge in [0.15, 0.2) is 0 Å². The van der Waals surface area contributed by atoms with Gasteiger partial charge in [0.25, 0.3) is 0 Å². The van der Waals surface area contributed by atoms with Gasteiger partial charge >= 0.3 is 0 Å². The highest BCUT2D eigenvalue weighted by molar-refractivity contribution is 5.94. The fourth-order valence-electron chi connectivity index (χ4n) is 6.96. The molecule has 0 aromatic carbocycles. The maximum absolute atomic E-state index is 14.0. The smallest absolute Gasteiger partial charge is 0.246 e. The van der Waals surface area contributed by atoms with E-state index in [1.54, 1.807) is 4.90 Å². The van der Waals surface area contributed by atoms with Crippen LogP contribution in [0.25, 0.3) is 0 Å². The van der Waals surface area contributed by atoms with E-state index in [0.717, 1.165) is 12.8 Å². The molecule has 1 aliphatic heterocycles. The third-order valence-corrected chi connectivity index (χ3v) is 9.24. The standard InChI is InChI=1S/C26H44N4O3/c1-10-28-17(22(2,3)4)20(32)29-18(23(5,6)7)21(33)30-15-26(14-16(30)19(27)31)24(8,9)25(26)12-11-13-25/h10,16-18,28H,1,11-15H2,2-9H3,(H2,27,31)(H,29,32)/t16-,17?,18+,26?/m0/s1. The highest BCUT2D eigenvalue weighted by Gasteiger charge is 2.85. The van der Waals surface area contributed by atoms with Crippen LogP contribution in [0, 0.1) is 27.1 Å². The van der Waals surface area contributed by atoms with E-state index in [0.29, 0.717) is 13.0 Å². The Labute approximate surface area is 199 Å². The van der Waals surface area contributed by atoms with Crippen molar-refractivity contribution in [1.82, 2.24) is 15.5 Å². The fourth-order valence-corrected chi connectivity index (χ4v) is 6.96. The van der Waals surface area contributed by atoms with E-state index in [2.05, 4.69) is 31.1 Å². The molecule has 2 saturated carbocycles. The molecule has 7 heteroatoms. The Balaban J connectivity index is 1.89. The second-order valence-electron chi connectivity index (χ2n) is 13.2. The third-order valence-electron chi connectivity index (χ3n) is 9.24. The summed E-state index contributed by atoms with van der Waals surface area (Å²) in [6.07, 6.45) is 5.62. The largest absolute Gasteiger partial charge is 0.380 e. The first kappa shape index (κ1) is 25.6. The molecule has 2 aliphatic carbocycles. The molecule has 1 saturated heterocycles. The number of fused-ring (bicyclic) bond motifs is 1. The third kappa shape index (κ3) is 3.66. The highest BCUT2D eigenvalue weighted by atomic mass is 16.2. The van der Waals surface area contributed by atoms with E-state index < -0.39 is 29.4 Å². The maximum Gasteiger partial charge on any atom is 0.246 e. The van der Waals surface area contributed by atoms with E-state index >= 15 is 0 Å². The molecular weight excluding hydrogens is 416 g/mol. The van der Waals surface area contributed by atoms with Gasteiger partial charge in [0.1, 0.15) is 18.1 Å². The van der Waals surface area contributed by atoms with Crippen LogP contribution < -0.4 is 16.4 Å². The number of nitrogens with one attached hydrogen (secondary N) is 2. The Morgan fingerprint density at radius 2 is 1.58 bits per heavy atom. The van der Waals surface area contributed by atoms with Crippen molar-refractivity contribution in [3.8, 4) is 0 Å². The molecule has 2 spiro atoms. The molecule has 0 aromatic heterocycles. The minimum Gasteiger partial charge on any atom is -0.380 e. The van der Waals surface area contributed by atoms with Crippen molar-refractivity contribution in [2.45, 2.75) is 99.2 Å². The minimum atomic E-state index is -0.780. The lowest BCUT2D eigenvalue weighted by Gasteiger charge is -2.38. The number of nitrogens with zero attached hydrogens (tertiary/aromatic N) is 1. The predicted molar refractivity (Wildman–Crippen MR) is 130 cm³/mol. The molecule has 186 valence electrons. The number of primary amides is 1.